The number of carbonyl (C=O) groups is 1. The molecule has 0 radical (unpaired) electrons. The van der Waals surface area contributed by atoms with Crippen LogP contribution in [0.3, 0.4) is 0 Å². The lowest BCUT2D eigenvalue weighted by atomic mass is 9.96. The highest BCUT2D eigenvalue weighted by atomic mass is 32.2. The molecule has 2 aliphatic heterocycles. The van der Waals surface area contributed by atoms with Gasteiger partial charge >= 0.3 is 0 Å². The minimum atomic E-state index is -3.43. The molecular weight excluding hydrogens is 438 g/mol. The molecule has 1 amide bonds. The van der Waals surface area contributed by atoms with Crippen LogP contribution in [0.2, 0.25) is 0 Å². The Hall–Kier alpha value is -1.68. The van der Waals surface area contributed by atoms with Crippen LogP contribution in [0.15, 0.2) is 24.3 Å². The van der Waals surface area contributed by atoms with Crippen molar-refractivity contribution < 1.29 is 13.2 Å². The highest BCUT2D eigenvalue weighted by molar-refractivity contribution is 7.86. The lowest BCUT2D eigenvalue weighted by molar-refractivity contribution is -0.133. The Labute approximate surface area is 199 Å². The Morgan fingerprint density at radius 1 is 0.970 bits per heavy atom. The lowest BCUT2D eigenvalue weighted by Crippen LogP contribution is -2.56. The molecule has 1 aliphatic carbocycles. The second-order valence-electron chi connectivity index (χ2n) is 9.70. The zero-order valence-electron chi connectivity index (χ0n) is 20.2. The molecule has 8 nitrogen and oxygen atoms in total. The summed E-state index contributed by atoms with van der Waals surface area (Å²) in [6, 6.07) is 8.62. The van der Waals surface area contributed by atoms with Crippen molar-refractivity contribution in [2.45, 2.75) is 45.1 Å². The van der Waals surface area contributed by atoms with Gasteiger partial charge in [0.15, 0.2) is 0 Å². The van der Waals surface area contributed by atoms with Gasteiger partial charge in [-0.1, -0.05) is 31.4 Å². The highest BCUT2D eigenvalue weighted by Crippen LogP contribution is 2.25. The summed E-state index contributed by atoms with van der Waals surface area (Å²) in [4.78, 5) is 19.3. The van der Waals surface area contributed by atoms with Gasteiger partial charge in [0.05, 0.1) is 6.54 Å². The van der Waals surface area contributed by atoms with Crippen LogP contribution in [-0.4, -0.2) is 105 Å². The molecule has 0 atom stereocenters. The van der Waals surface area contributed by atoms with Crippen molar-refractivity contribution in [2.75, 3.05) is 70.9 Å². The number of hydrogen-bond donors (Lipinski definition) is 0. The van der Waals surface area contributed by atoms with E-state index in [0.29, 0.717) is 32.7 Å². The third-order valence-corrected chi connectivity index (χ3v) is 9.51. The maximum atomic E-state index is 13.1. The van der Waals surface area contributed by atoms with Crippen molar-refractivity contribution in [1.29, 1.82) is 0 Å². The third kappa shape index (κ3) is 5.88. The average Bonchev–Trinajstić information content (AvgIpc) is 2.84. The molecule has 0 spiro atoms. The lowest BCUT2D eigenvalue weighted by Gasteiger charge is -2.40. The van der Waals surface area contributed by atoms with Crippen molar-refractivity contribution in [3.63, 3.8) is 0 Å². The minimum absolute atomic E-state index is 0.127. The molecule has 2 saturated heterocycles. The summed E-state index contributed by atoms with van der Waals surface area (Å²) in [5.74, 6) is 0.148. The molecule has 1 saturated carbocycles. The van der Waals surface area contributed by atoms with Gasteiger partial charge in [0, 0.05) is 71.1 Å². The van der Waals surface area contributed by atoms with Crippen LogP contribution in [0, 0.1) is 6.92 Å². The molecule has 3 aliphatic rings. The second-order valence-corrected chi connectivity index (χ2v) is 11.7. The monoisotopic (exact) mass is 477 g/mol. The fraction of sp³-hybridized carbons (Fsp3) is 0.708. The molecule has 0 N–H and O–H groups in total. The van der Waals surface area contributed by atoms with Gasteiger partial charge in [-0.25, -0.2) is 0 Å². The Kier molecular flexibility index (Phi) is 7.94. The molecule has 1 aromatic rings. The first-order valence-corrected chi connectivity index (χ1v) is 13.8. The van der Waals surface area contributed by atoms with Gasteiger partial charge in [0.25, 0.3) is 10.2 Å². The van der Waals surface area contributed by atoms with Gasteiger partial charge < -0.3 is 9.80 Å². The standard InChI is InChI=1S/C24H39N5O3S/c1-21-7-6-10-23(19-21)27-13-15-28(16-14-27)24(30)20-26-11-17-29(18-12-26)33(31,32)25(2)22-8-4-3-5-9-22/h6-7,10,19,22H,3-5,8-9,11-18,20H2,1-2H3. The van der Waals surface area contributed by atoms with E-state index in [1.165, 1.54) is 17.7 Å². The number of amides is 1. The molecule has 33 heavy (non-hydrogen) atoms. The van der Waals surface area contributed by atoms with Gasteiger partial charge in [-0.15, -0.1) is 0 Å². The molecule has 2 heterocycles. The zero-order chi connectivity index (χ0) is 23.4. The largest absolute Gasteiger partial charge is 0.368 e. The first kappa shape index (κ1) is 24.4. The first-order valence-electron chi connectivity index (χ1n) is 12.4. The topological polar surface area (TPSA) is 67.4 Å². The summed E-state index contributed by atoms with van der Waals surface area (Å²) >= 11 is 0. The van der Waals surface area contributed by atoms with Crippen LogP contribution in [0.25, 0.3) is 0 Å². The molecule has 0 bridgehead atoms. The number of anilines is 1. The summed E-state index contributed by atoms with van der Waals surface area (Å²) in [5.41, 5.74) is 2.47. The van der Waals surface area contributed by atoms with E-state index in [1.54, 1.807) is 15.7 Å². The van der Waals surface area contributed by atoms with Crippen LogP contribution in [0.4, 0.5) is 5.69 Å². The third-order valence-electron chi connectivity index (χ3n) is 7.47. The normalized spacial score (nSPS) is 22.2. The fourth-order valence-corrected chi connectivity index (χ4v) is 6.84. The zero-order valence-corrected chi connectivity index (χ0v) is 21.0. The molecule has 3 fully saturated rings. The molecule has 1 aromatic carbocycles. The van der Waals surface area contributed by atoms with Crippen molar-refractivity contribution in [2.24, 2.45) is 0 Å². The number of aryl methyl sites for hydroxylation is 1. The predicted molar refractivity (Wildman–Crippen MR) is 132 cm³/mol. The van der Waals surface area contributed by atoms with Crippen molar-refractivity contribution in [1.82, 2.24) is 18.4 Å². The van der Waals surface area contributed by atoms with Crippen molar-refractivity contribution >= 4 is 21.8 Å². The van der Waals surface area contributed by atoms with Gasteiger partial charge in [-0.05, 0) is 37.5 Å². The summed E-state index contributed by atoms with van der Waals surface area (Å²) in [6.07, 6.45) is 5.35. The Bertz CT molecular complexity index is 902. The number of carbonyl (C=O) groups excluding carboxylic acids is 1. The number of rotatable bonds is 6. The van der Waals surface area contributed by atoms with Gasteiger partial charge in [0.2, 0.25) is 5.91 Å². The number of nitrogens with zero attached hydrogens (tertiary/aromatic N) is 5. The average molecular weight is 478 g/mol. The van der Waals surface area contributed by atoms with E-state index in [9.17, 15) is 13.2 Å². The quantitative estimate of drug-likeness (QED) is 0.625. The van der Waals surface area contributed by atoms with Crippen molar-refractivity contribution in [3.8, 4) is 0 Å². The smallest absolute Gasteiger partial charge is 0.282 e. The van der Waals surface area contributed by atoms with Crippen LogP contribution in [-0.2, 0) is 15.0 Å². The van der Waals surface area contributed by atoms with E-state index in [4.69, 9.17) is 0 Å². The molecule has 0 unspecified atom stereocenters. The Balaban J connectivity index is 1.22. The molecule has 4 rings (SSSR count). The van der Waals surface area contributed by atoms with E-state index in [0.717, 1.165) is 51.9 Å². The van der Waals surface area contributed by atoms with Crippen LogP contribution in [0.5, 0.6) is 0 Å². The van der Waals surface area contributed by atoms with Crippen molar-refractivity contribution in [3.05, 3.63) is 29.8 Å². The minimum Gasteiger partial charge on any atom is -0.368 e. The van der Waals surface area contributed by atoms with E-state index in [-0.39, 0.29) is 11.9 Å². The van der Waals surface area contributed by atoms with Gasteiger partial charge in [0.1, 0.15) is 0 Å². The molecular formula is C24H39N5O3S. The SMILES string of the molecule is Cc1cccc(N2CCN(C(=O)CN3CCN(S(=O)(=O)N(C)C4CCCCC4)CC3)CC2)c1. The van der Waals surface area contributed by atoms with Gasteiger partial charge in [-0.3, -0.25) is 9.69 Å². The number of piperazine rings is 2. The second kappa shape index (κ2) is 10.7. The van der Waals surface area contributed by atoms with Crippen LogP contribution in [0.1, 0.15) is 37.7 Å². The van der Waals surface area contributed by atoms with E-state index >= 15 is 0 Å². The van der Waals surface area contributed by atoms with E-state index in [2.05, 4.69) is 41.0 Å². The predicted octanol–water partition coefficient (Wildman–Crippen LogP) is 1.77. The molecule has 9 heteroatoms. The Morgan fingerprint density at radius 3 is 2.27 bits per heavy atom. The summed E-state index contributed by atoms with van der Waals surface area (Å²) in [5, 5.41) is 0. The number of hydrogen-bond acceptors (Lipinski definition) is 5. The number of benzene rings is 1. The maximum absolute atomic E-state index is 13.1. The Morgan fingerprint density at radius 2 is 1.64 bits per heavy atom. The summed E-state index contributed by atoms with van der Waals surface area (Å²) in [7, 11) is -1.70. The van der Waals surface area contributed by atoms with Crippen LogP contribution < -0.4 is 4.90 Å². The molecule has 0 aromatic heterocycles. The highest BCUT2D eigenvalue weighted by Gasteiger charge is 2.35. The first-order chi connectivity index (χ1) is 15.8. The van der Waals surface area contributed by atoms with E-state index in [1.807, 2.05) is 4.90 Å². The summed E-state index contributed by atoms with van der Waals surface area (Å²) < 4.78 is 29.4. The van der Waals surface area contributed by atoms with Gasteiger partial charge in [-0.2, -0.15) is 17.0 Å². The fourth-order valence-electron chi connectivity index (χ4n) is 5.26. The van der Waals surface area contributed by atoms with E-state index < -0.39 is 10.2 Å². The summed E-state index contributed by atoms with van der Waals surface area (Å²) in [6.45, 7) is 7.73. The van der Waals surface area contributed by atoms with Crippen LogP contribution >= 0.6 is 0 Å². The maximum Gasteiger partial charge on any atom is 0.282 e. The molecule has 184 valence electrons.